The van der Waals surface area contributed by atoms with Crippen molar-refractivity contribution in [2.45, 2.75) is 25.9 Å². The second kappa shape index (κ2) is 6.57. The first-order valence-corrected chi connectivity index (χ1v) is 5.69. The molecule has 0 bridgehead atoms. The first-order chi connectivity index (χ1) is 8.13. The lowest BCUT2D eigenvalue weighted by molar-refractivity contribution is 0.181. The Hall–Kier alpha value is -1.13. The Kier molecular flexibility index (Phi) is 5.38. The Balaban J connectivity index is 3.09. The predicted octanol–water partition coefficient (Wildman–Crippen LogP) is 2.43. The zero-order valence-corrected chi connectivity index (χ0v) is 10.6. The van der Waals surface area contributed by atoms with Crippen LogP contribution in [0.4, 0.5) is 4.39 Å². The third kappa shape index (κ3) is 3.41. The highest BCUT2D eigenvalue weighted by molar-refractivity contribution is 5.39. The fourth-order valence-corrected chi connectivity index (χ4v) is 1.86. The Morgan fingerprint density at radius 1 is 1.35 bits per heavy atom. The SMILES string of the molecule is COCc1cc(C(C)CCN)c(F)cc1OC. The van der Waals surface area contributed by atoms with Gasteiger partial charge in [-0.05, 0) is 30.5 Å². The van der Waals surface area contributed by atoms with Gasteiger partial charge in [0, 0.05) is 18.7 Å². The van der Waals surface area contributed by atoms with E-state index < -0.39 is 0 Å². The van der Waals surface area contributed by atoms with E-state index in [-0.39, 0.29) is 11.7 Å². The van der Waals surface area contributed by atoms with Crippen molar-refractivity contribution in [2.75, 3.05) is 20.8 Å². The number of ether oxygens (including phenoxy) is 2. The smallest absolute Gasteiger partial charge is 0.130 e. The maximum absolute atomic E-state index is 13.9. The summed E-state index contributed by atoms with van der Waals surface area (Å²) in [5.41, 5.74) is 7.02. The number of rotatable bonds is 6. The summed E-state index contributed by atoms with van der Waals surface area (Å²) < 4.78 is 24.1. The van der Waals surface area contributed by atoms with Gasteiger partial charge < -0.3 is 15.2 Å². The number of benzene rings is 1. The van der Waals surface area contributed by atoms with Gasteiger partial charge in [-0.25, -0.2) is 4.39 Å². The average Bonchev–Trinajstić information content (AvgIpc) is 2.31. The van der Waals surface area contributed by atoms with Crippen LogP contribution in [0.25, 0.3) is 0 Å². The van der Waals surface area contributed by atoms with E-state index in [1.807, 2.05) is 6.92 Å². The Bertz CT molecular complexity index is 369. The molecule has 1 aromatic rings. The minimum Gasteiger partial charge on any atom is -0.496 e. The van der Waals surface area contributed by atoms with Gasteiger partial charge in [-0.1, -0.05) is 6.92 Å². The number of methoxy groups -OCH3 is 2. The van der Waals surface area contributed by atoms with Crippen molar-refractivity contribution in [3.05, 3.63) is 29.1 Å². The van der Waals surface area contributed by atoms with Gasteiger partial charge in [-0.15, -0.1) is 0 Å². The lowest BCUT2D eigenvalue weighted by Gasteiger charge is -2.15. The summed E-state index contributed by atoms with van der Waals surface area (Å²) in [5.74, 6) is 0.372. The van der Waals surface area contributed by atoms with Crippen molar-refractivity contribution >= 4 is 0 Å². The average molecular weight is 241 g/mol. The molecule has 0 aromatic heterocycles. The van der Waals surface area contributed by atoms with E-state index >= 15 is 0 Å². The molecule has 17 heavy (non-hydrogen) atoms. The van der Waals surface area contributed by atoms with Gasteiger partial charge >= 0.3 is 0 Å². The van der Waals surface area contributed by atoms with E-state index in [0.717, 1.165) is 12.0 Å². The molecule has 0 amide bonds. The second-order valence-electron chi connectivity index (χ2n) is 4.10. The first kappa shape index (κ1) is 13.9. The van der Waals surface area contributed by atoms with Gasteiger partial charge in [0.2, 0.25) is 0 Å². The quantitative estimate of drug-likeness (QED) is 0.832. The molecule has 0 saturated carbocycles. The largest absolute Gasteiger partial charge is 0.496 e. The third-order valence-electron chi connectivity index (χ3n) is 2.83. The molecule has 1 aromatic carbocycles. The lowest BCUT2D eigenvalue weighted by atomic mass is 9.95. The number of hydrogen-bond donors (Lipinski definition) is 1. The Labute approximate surface area is 102 Å². The molecular weight excluding hydrogens is 221 g/mol. The van der Waals surface area contributed by atoms with Gasteiger partial charge in [0.1, 0.15) is 11.6 Å². The van der Waals surface area contributed by atoms with E-state index in [9.17, 15) is 4.39 Å². The maximum atomic E-state index is 13.9. The molecule has 96 valence electrons. The molecule has 0 aliphatic heterocycles. The van der Waals surface area contributed by atoms with Crippen molar-refractivity contribution < 1.29 is 13.9 Å². The van der Waals surface area contributed by atoms with Crippen LogP contribution in [0.3, 0.4) is 0 Å². The number of halogens is 1. The van der Waals surface area contributed by atoms with Crippen LogP contribution in [0.1, 0.15) is 30.4 Å². The minimum absolute atomic E-state index is 0.0986. The highest BCUT2D eigenvalue weighted by Gasteiger charge is 2.15. The van der Waals surface area contributed by atoms with E-state index in [1.54, 1.807) is 13.2 Å². The summed E-state index contributed by atoms with van der Waals surface area (Å²) in [4.78, 5) is 0. The molecule has 0 radical (unpaired) electrons. The van der Waals surface area contributed by atoms with Crippen molar-refractivity contribution in [2.24, 2.45) is 5.73 Å². The predicted molar refractivity (Wildman–Crippen MR) is 65.8 cm³/mol. The standard InChI is InChI=1S/C13H20FNO2/c1-9(4-5-15)11-6-10(8-16-2)13(17-3)7-12(11)14/h6-7,9H,4-5,8,15H2,1-3H3. The van der Waals surface area contributed by atoms with E-state index in [1.165, 1.54) is 13.2 Å². The molecule has 1 atom stereocenters. The number of nitrogens with two attached hydrogens (primary N) is 1. The minimum atomic E-state index is -0.248. The fourth-order valence-electron chi connectivity index (χ4n) is 1.86. The second-order valence-corrected chi connectivity index (χ2v) is 4.10. The van der Waals surface area contributed by atoms with E-state index in [0.29, 0.717) is 24.5 Å². The summed E-state index contributed by atoms with van der Waals surface area (Å²) >= 11 is 0. The van der Waals surface area contributed by atoms with Crippen LogP contribution < -0.4 is 10.5 Å². The fraction of sp³-hybridized carbons (Fsp3) is 0.538. The van der Waals surface area contributed by atoms with Gasteiger partial charge in [-0.3, -0.25) is 0 Å². The van der Waals surface area contributed by atoms with Gasteiger partial charge in [0.15, 0.2) is 0 Å². The third-order valence-corrected chi connectivity index (χ3v) is 2.83. The zero-order valence-electron chi connectivity index (χ0n) is 10.6. The van der Waals surface area contributed by atoms with Crippen LogP contribution in [0.2, 0.25) is 0 Å². The molecule has 0 spiro atoms. The highest BCUT2D eigenvalue weighted by atomic mass is 19.1. The summed E-state index contributed by atoms with van der Waals surface area (Å²) in [7, 11) is 3.13. The van der Waals surface area contributed by atoms with Gasteiger partial charge in [0.25, 0.3) is 0 Å². The van der Waals surface area contributed by atoms with E-state index in [4.69, 9.17) is 15.2 Å². The maximum Gasteiger partial charge on any atom is 0.130 e. The van der Waals surface area contributed by atoms with E-state index in [2.05, 4.69) is 0 Å². The highest BCUT2D eigenvalue weighted by Crippen LogP contribution is 2.29. The number of hydrogen-bond acceptors (Lipinski definition) is 3. The summed E-state index contributed by atoms with van der Waals surface area (Å²) in [6.45, 7) is 2.92. The lowest BCUT2D eigenvalue weighted by Crippen LogP contribution is -2.07. The summed E-state index contributed by atoms with van der Waals surface area (Å²) in [6, 6.07) is 3.22. The molecule has 0 saturated heterocycles. The summed E-state index contributed by atoms with van der Waals surface area (Å²) in [6.07, 6.45) is 0.760. The molecular formula is C13H20FNO2. The van der Waals surface area contributed by atoms with Crippen molar-refractivity contribution in [3.8, 4) is 5.75 Å². The Morgan fingerprint density at radius 2 is 2.06 bits per heavy atom. The molecule has 0 aliphatic rings. The van der Waals surface area contributed by atoms with Crippen LogP contribution in [-0.4, -0.2) is 20.8 Å². The molecule has 0 heterocycles. The molecule has 1 unspecified atom stereocenters. The van der Waals surface area contributed by atoms with Crippen LogP contribution in [0.15, 0.2) is 12.1 Å². The van der Waals surface area contributed by atoms with Crippen LogP contribution in [-0.2, 0) is 11.3 Å². The van der Waals surface area contributed by atoms with Crippen molar-refractivity contribution in [1.29, 1.82) is 0 Å². The molecule has 0 fully saturated rings. The molecule has 3 nitrogen and oxygen atoms in total. The Morgan fingerprint density at radius 3 is 2.59 bits per heavy atom. The topological polar surface area (TPSA) is 44.5 Å². The van der Waals surface area contributed by atoms with Gasteiger partial charge in [0.05, 0.1) is 13.7 Å². The molecule has 1 rings (SSSR count). The van der Waals surface area contributed by atoms with Crippen molar-refractivity contribution in [1.82, 2.24) is 0 Å². The first-order valence-electron chi connectivity index (χ1n) is 5.69. The monoisotopic (exact) mass is 241 g/mol. The van der Waals surface area contributed by atoms with Crippen LogP contribution in [0, 0.1) is 5.82 Å². The summed E-state index contributed by atoms with van der Waals surface area (Å²) in [5, 5.41) is 0. The van der Waals surface area contributed by atoms with Gasteiger partial charge in [-0.2, -0.15) is 0 Å². The van der Waals surface area contributed by atoms with Crippen LogP contribution in [0.5, 0.6) is 5.75 Å². The molecule has 2 N–H and O–H groups in total. The zero-order chi connectivity index (χ0) is 12.8. The van der Waals surface area contributed by atoms with Crippen LogP contribution >= 0.6 is 0 Å². The normalized spacial score (nSPS) is 12.5. The molecule has 0 aliphatic carbocycles. The molecule has 4 heteroatoms. The van der Waals surface area contributed by atoms with Crippen molar-refractivity contribution in [3.63, 3.8) is 0 Å².